The number of nitrogens with one attached hydrogen (secondary N) is 3. The second-order valence-corrected chi connectivity index (χ2v) is 3.54. The average Bonchev–Trinajstić information content (AvgIpc) is 2.92. The molecule has 0 aliphatic heterocycles. The minimum atomic E-state index is -0.368. The first-order chi connectivity index (χ1) is 8.70. The molecule has 9 heteroatoms. The van der Waals surface area contributed by atoms with E-state index in [1.54, 1.807) is 13.0 Å². The molecule has 18 heavy (non-hydrogen) atoms. The number of hydrogen-bond donors (Lipinski definition) is 4. The van der Waals surface area contributed by atoms with Gasteiger partial charge in [-0.05, 0) is 19.1 Å². The van der Waals surface area contributed by atoms with Crippen LogP contribution >= 0.6 is 0 Å². The van der Waals surface area contributed by atoms with Crippen LogP contribution < -0.4 is 16.6 Å². The molecule has 0 bridgehead atoms. The number of hydrogen-bond acceptors (Lipinski definition) is 7. The van der Waals surface area contributed by atoms with E-state index in [2.05, 4.69) is 36.4 Å². The highest BCUT2D eigenvalue weighted by molar-refractivity contribution is 5.93. The van der Waals surface area contributed by atoms with Crippen molar-refractivity contribution < 1.29 is 4.79 Å². The summed E-state index contributed by atoms with van der Waals surface area (Å²) < 4.78 is 0. The minimum absolute atomic E-state index is 0.251. The van der Waals surface area contributed by atoms with Crippen LogP contribution in [0.2, 0.25) is 0 Å². The summed E-state index contributed by atoms with van der Waals surface area (Å²) in [6.45, 7) is 1.74. The highest BCUT2D eigenvalue weighted by atomic mass is 16.1. The van der Waals surface area contributed by atoms with Gasteiger partial charge < -0.3 is 10.7 Å². The summed E-state index contributed by atoms with van der Waals surface area (Å²) in [5.74, 6) is 5.31. The zero-order chi connectivity index (χ0) is 13.0. The third-order valence-corrected chi connectivity index (χ3v) is 2.26. The molecular formula is C9H12N8O. The zero-order valence-electron chi connectivity index (χ0n) is 9.58. The first-order valence-corrected chi connectivity index (χ1v) is 5.17. The molecule has 1 amide bonds. The van der Waals surface area contributed by atoms with Crippen LogP contribution in [0.4, 0.5) is 5.69 Å². The summed E-state index contributed by atoms with van der Waals surface area (Å²) in [6.07, 6.45) is 1.49. The lowest BCUT2D eigenvalue weighted by atomic mass is 10.2. The number of tetrazole rings is 1. The van der Waals surface area contributed by atoms with Crippen LogP contribution in [-0.2, 0) is 0 Å². The summed E-state index contributed by atoms with van der Waals surface area (Å²) >= 11 is 0. The van der Waals surface area contributed by atoms with Gasteiger partial charge in [0.1, 0.15) is 5.69 Å². The molecule has 0 fully saturated rings. The lowest BCUT2D eigenvalue weighted by Crippen LogP contribution is -2.28. The third kappa shape index (κ3) is 2.58. The van der Waals surface area contributed by atoms with Crippen molar-refractivity contribution in [2.75, 3.05) is 5.43 Å². The van der Waals surface area contributed by atoms with Crippen molar-refractivity contribution in [1.29, 1.82) is 0 Å². The summed E-state index contributed by atoms with van der Waals surface area (Å²) in [7, 11) is 0. The number of nitrogens with two attached hydrogens (primary N) is 1. The molecule has 0 aromatic carbocycles. The molecule has 1 atom stereocenters. The van der Waals surface area contributed by atoms with Crippen molar-refractivity contribution in [3.05, 3.63) is 29.8 Å². The Hall–Kier alpha value is -2.55. The Morgan fingerprint density at radius 1 is 1.56 bits per heavy atom. The van der Waals surface area contributed by atoms with Gasteiger partial charge in [-0.2, -0.15) is 5.21 Å². The molecule has 0 radical (unpaired) electrons. The molecule has 1 unspecified atom stereocenters. The fourth-order valence-corrected chi connectivity index (χ4v) is 1.33. The Balaban J connectivity index is 2.07. The summed E-state index contributed by atoms with van der Waals surface area (Å²) in [6, 6.07) is 2.82. The summed E-state index contributed by atoms with van der Waals surface area (Å²) in [4.78, 5) is 15.8. The van der Waals surface area contributed by atoms with E-state index in [4.69, 9.17) is 5.84 Å². The van der Waals surface area contributed by atoms with Crippen molar-refractivity contribution in [2.45, 2.75) is 13.0 Å². The molecule has 2 aromatic rings. The maximum absolute atomic E-state index is 11.9. The van der Waals surface area contributed by atoms with E-state index in [0.717, 1.165) is 0 Å². The number of pyridine rings is 1. The maximum Gasteiger partial charge on any atom is 0.270 e. The zero-order valence-corrected chi connectivity index (χ0v) is 9.58. The van der Waals surface area contributed by atoms with Crippen molar-refractivity contribution >= 4 is 11.6 Å². The van der Waals surface area contributed by atoms with Crippen LogP contribution in [0, 0.1) is 0 Å². The standard InChI is InChI=1S/C9H12N8O/c1-5(8-14-16-17-15-8)12-9(18)7-4-6(13-10)2-3-11-7/h2-5H,10H2,1H3,(H,11,13)(H,12,18)(H,14,15,16,17). The van der Waals surface area contributed by atoms with E-state index in [1.165, 1.54) is 12.3 Å². The molecule has 2 rings (SSSR count). The van der Waals surface area contributed by atoms with Crippen molar-refractivity contribution in [2.24, 2.45) is 5.84 Å². The van der Waals surface area contributed by atoms with Crippen LogP contribution in [0.3, 0.4) is 0 Å². The minimum Gasteiger partial charge on any atom is -0.341 e. The lowest BCUT2D eigenvalue weighted by molar-refractivity contribution is 0.0933. The van der Waals surface area contributed by atoms with Gasteiger partial charge in [0.2, 0.25) is 0 Å². The van der Waals surface area contributed by atoms with Gasteiger partial charge in [-0.25, -0.2) is 0 Å². The Morgan fingerprint density at radius 3 is 3.06 bits per heavy atom. The number of aromatic nitrogens is 5. The number of amides is 1. The topological polar surface area (TPSA) is 134 Å². The highest BCUT2D eigenvalue weighted by Gasteiger charge is 2.15. The van der Waals surface area contributed by atoms with Crippen LogP contribution in [0.25, 0.3) is 0 Å². The second-order valence-electron chi connectivity index (χ2n) is 3.54. The predicted molar refractivity (Wildman–Crippen MR) is 62.1 cm³/mol. The Labute approximate surface area is 102 Å². The van der Waals surface area contributed by atoms with Gasteiger partial charge in [-0.1, -0.05) is 5.21 Å². The summed E-state index contributed by atoms with van der Waals surface area (Å²) in [5, 5.41) is 16.0. The molecule has 94 valence electrons. The number of aromatic amines is 1. The quantitative estimate of drug-likeness (QED) is 0.418. The SMILES string of the molecule is CC(NC(=O)c1cc(NN)ccn1)c1nn[nH]n1. The molecule has 9 nitrogen and oxygen atoms in total. The molecule has 0 aliphatic rings. The first kappa shape index (κ1) is 11.9. The molecule has 0 spiro atoms. The normalized spacial score (nSPS) is 11.9. The van der Waals surface area contributed by atoms with E-state index < -0.39 is 0 Å². The molecule has 2 aromatic heterocycles. The largest absolute Gasteiger partial charge is 0.341 e. The average molecular weight is 248 g/mol. The van der Waals surface area contributed by atoms with Crippen molar-refractivity contribution in [3.8, 4) is 0 Å². The highest BCUT2D eigenvalue weighted by Crippen LogP contribution is 2.08. The van der Waals surface area contributed by atoms with Gasteiger partial charge in [-0.3, -0.25) is 15.6 Å². The van der Waals surface area contributed by atoms with Crippen LogP contribution in [0.15, 0.2) is 18.3 Å². The van der Waals surface area contributed by atoms with Crippen LogP contribution in [0.5, 0.6) is 0 Å². The number of carbonyl (C=O) groups excluding carboxylic acids is 1. The van der Waals surface area contributed by atoms with Gasteiger partial charge in [-0.15, -0.1) is 10.2 Å². The van der Waals surface area contributed by atoms with Gasteiger partial charge in [0.05, 0.1) is 11.7 Å². The lowest BCUT2D eigenvalue weighted by Gasteiger charge is -2.09. The Kier molecular flexibility index (Phi) is 3.44. The van der Waals surface area contributed by atoms with Crippen LogP contribution in [0.1, 0.15) is 29.3 Å². The van der Waals surface area contributed by atoms with Crippen LogP contribution in [-0.4, -0.2) is 31.5 Å². The van der Waals surface area contributed by atoms with E-state index in [0.29, 0.717) is 11.5 Å². The van der Waals surface area contributed by atoms with Crippen molar-refractivity contribution in [1.82, 2.24) is 30.9 Å². The number of nitrogen functional groups attached to an aromatic ring is 1. The van der Waals surface area contributed by atoms with Crippen molar-refractivity contribution in [3.63, 3.8) is 0 Å². The Bertz CT molecular complexity index is 525. The van der Waals surface area contributed by atoms with E-state index in [1.807, 2.05) is 0 Å². The second kappa shape index (κ2) is 5.19. The number of H-pyrrole nitrogens is 1. The molecular weight excluding hydrogens is 236 g/mol. The number of rotatable bonds is 4. The number of anilines is 1. The number of carbonyl (C=O) groups is 1. The fourth-order valence-electron chi connectivity index (χ4n) is 1.33. The number of hydrazine groups is 1. The van der Waals surface area contributed by atoms with E-state index in [-0.39, 0.29) is 17.6 Å². The molecule has 5 N–H and O–H groups in total. The molecule has 2 heterocycles. The first-order valence-electron chi connectivity index (χ1n) is 5.17. The molecule has 0 saturated carbocycles. The van der Waals surface area contributed by atoms with Gasteiger partial charge >= 0.3 is 0 Å². The van der Waals surface area contributed by atoms with Gasteiger partial charge in [0, 0.05) is 6.20 Å². The smallest absolute Gasteiger partial charge is 0.270 e. The summed E-state index contributed by atoms with van der Waals surface area (Å²) in [5.41, 5.74) is 3.29. The third-order valence-electron chi connectivity index (χ3n) is 2.26. The van der Waals surface area contributed by atoms with E-state index >= 15 is 0 Å². The molecule has 0 saturated heterocycles. The predicted octanol–water partition coefficient (Wildman–Crippen LogP) is -0.629. The number of nitrogens with zero attached hydrogens (tertiary/aromatic N) is 4. The monoisotopic (exact) mass is 248 g/mol. The maximum atomic E-state index is 11.9. The van der Waals surface area contributed by atoms with Gasteiger partial charge in [0.15, 0.2) is 5.82 Å². The fraction of sp³-hybridized carbons (Fsp3) is 0.222. The van der Waals surface area contributed by atoms with E-state index in [9.17, 15) is 4.79 Å². The Morgan fingerprint density at radius 2 is 2.39 bits per heavy atom. The molecule has 0 aliphatic carbocycles. The van der Waals surface area contributed by atoms with Gasteiger partial charge in [0.25, 0.3) is 5.91 Å².